The molecule has 2 heteroatoms. The van der Waals surface area contributed by atoms with Crippen LogP contribution in [0.15, 0.2) is 30.3 Å². The SMILES string of the molecule is CC(CO)NC(Cc1ccccc1)C1CC1. The van der Waals surface area contributed by atoms with Crippen LogP contribution in [-0.4, -0.2) is 23.8 Å². The highest BCUT2D eigenvalue weighted by atomic mass is 16.3. The highest BCUT2D eigenvalue weighted by Gasteiger charge is 2.31. The van der Waals surface area contributed by atoms with Crippen LogP contribution >= 0.6 is 0 Å². The maximum atomic E-state index is 9.09. The summed E-state index contributed by atoms with van der Waals surface area (Å²) < 4.78 is 0. The van der Waals surface area contributed by atoms with Gasteiger partial charge in [-0.3, -0.25) is 0 Å². The molecule has 1 aliphatic carbocycles. The van der Waals surface area contributed by atoms with Crippen molar-refractivity contribution in [3.05, 3.63) is 35.9 Å². The third-order valence-electron chi connectivity index (χ3n) is 3.26. The molecule has 0 aromatic heterocycles. The first-order valence-electron chi connectivity index (χ1n) is 6.20. The summed E-state index contributed by atoms with van der Waals surface area (Å²) in [6, 6.07) is 11.3. The standard InChI is InChI=1S/C14H21NO/c1-11(10-16)15-14(13-7-8-13)9-12-5-3-2-4-6-12/h2-6,11,13-16H,7-10H2,1H3. The minimum atomic E-state index is 0.203. The molecule has 2 nitrogen and oxygen atoms in total. The van der Waals surface area contributed by atoms with Crippen molar-refractivity contribution >= 4 is 0 Å². The van der Waals surface area contributed by atoms with Crippen molar-refractivity contribution in [2.75, 3.05) is 6.61 Å². The van der Waals surface area contributed by atoms with Gasteiger partial charge in [-0.15, -0.1) is 0 Å². The molecule has 88 valence electrons. The molecule has 0 amide bonds. The first kappa shape index (κ1) is 11.6. The van der Waals surface area contributed by atoms with Crippen LogP contribution < -0.4 is 5.32 Å². The molecule has 0 bridgehead atoms. The largest absolute Gasteiger partial charge is 0.395 e. The number of nitrogens with one attached hydrogen (secondary N) is 1. The molecule has 1 aromatic rings. The summed E-state index contributed by atoms with van der Waals surface area (Å²) in [5.41, 5.74) is 1.39. The average Bonchev–Trinajstić information content (AvgIpc) is 3.13. The first-order valence-corrected chi connectivity index (χ1v) is 6.20. The zero-order valence-electron chi connectivity index (χ0n) is 9.89. The Bertz CT molecular complexity index is 308. The van der Waals surface area contributed by atoms with Gasteiger partial charge in [-0.05, 0) is 37.7 Å². The normalized spacial score (nSPS) is 19.4. The van der Waals surface area contributed by atoms with Crippen molar-refractivity contribution in [2.24, 2.45) is 5.92 Å². The average molecular weight is 219 g/mol. The van der Waals surface area contributed by atoms with E-state index in [4.69, 9.17) is 5.11 Å². The summed E-state index contributed by atoms with van der Waals surface area (Å²) in [5, 5.41) is 12.6. The van der Waals surface area contributed by atoms with Gasteiger partial charge in [0.25, 0.3) is 0 Å². The molecule has 1 fully saturated rings. The third-order valence-corrected chi connectivity index (χ3v) is 3.26. The van der Waals surface area contributed by atoms with Gasteiger partial charge in [0.1, 0.15) is 0 Å². The lowest BCUT2D eigenvalue weighted by Gasteiger charge is -2.22. The van der Waals surface area contributed by atoms with E-state index in [9.17, 15) is 0 Å². The highest BCUT2D eigenvalue weighted by molar-refractivity contribution is 5.16. The molecule has 0 radical (unpaired) electrons. The molecular weight excluding hydrogens is 198 g/mol. The first-order chi connectivity index (χ1) is 7.79. The van der Waals surface area contributed by atoms with Crippen LogP contribution in [0.4, 0.5) is 0 Å². The molecule has 0 heterocycles. The molecule has 0 saturated heterocycles. The Kier molecular flexibility index (Phi) is 3.97. The molecule has 2 atom stereocenters. The lowest BCUT2D eigenvalue weighted by Crippen LogP contribution is -2.41. The zero-order valence-corrected chi connectivity index (χ0v) is 9.89. The quantitative estimate of drug-likeness (QED) is 0.767. The van der Waals surface area contributed by atoms with Gasteiger partial charge >= 0.3 is 0 Å². The second-order valence-electron chi connectivity index (χ2n) is 4.88. The van der Waals surface area contributed by atoms with Crippen molar-refractivity contribution in [3.8, 4) is 0 Å². The van der Waals surface area contributed by atoms with Crippen molar-refractivity contribution in [1.29, 1.82) is 0 Å². The van der Waals surface area contributed by atoms with Crippen molar-refractivity contribution in [3.63, 3.8) is 0 Å². The fourth-order valence-corrected chi connectivity index (χ4v) is 2.15. The van der Waals surface area contributed by atoms with Gasteiger partial charge < -0.3 is 10.4 Å². The number of aliphatic hydroxyl groups excluding tert-OH is 1. The molecule has 1 saturated carbocycles. The second kappa shape index (κ2) is 5.46. The number of aliphatic hydroxyl groups is 1. The van der Waals surface area contributed by atoms with E-state index < -0.39 is 0 Å². The summed E-state index contributed by atoms with van der Waals surface area (Å²) in [7, 11) is 0. The summed E-state index contributed by atoms with van der Waals surface area (Å²) in [6.45, 7) is 2.26. The predicted octanol–water partition coefficient (Wildman–Crippen LogP) is 1.98. The summed E-state index contributed by atoms with van der Waals surface area (Å²) in [5.74, 6) is 0.814. The Labute approximate surface area is 97.7 Å². The van der Waals surface area contributed by atoms with E-state index in [2.05, 4.69) is 35.6 Å². The third kappa shape index (κ3) is 3.32. The van der Waals surface area contributed by atoms with E-state index in [-0.39, 0.29) is 12.6 Å². The molecule has 16 heavy (non-hydrogen) atoms. The number of benzene rings is 1. The molecule has 1 aromatic carbocycles. The monoisotopic (exact) mass is 219 g/mol. The van der Waals surface area contributed by atoms with E-state index in [1.165, 1.54) is 18.4 Å². The van der Waals surface area contributed by atoms with E-state index in [0.717, 1.165) is 12.3 Å². The van der Waals surface area contributed by atoms with Gasteiger partial charge in [-0.1, -0.05) is 30.3 Å². The van der Waals surface area contributed by atoms with Gasteiger partial charge in [0.15, 0.2) is 0 Å². The minimum Gasteiger partial charge on any atom is -0.395 e. The van der Waals surface area contributed by atoms with Crippen LogP contribution in [0.3, 0.4) is 0 Å². The number of hydrogen-bond donors (Lipinski definition) is 2. The van der Waals surface area contributed by atoms with Crippen LogP contribution in [0.1, 0.15) is 25.3 Å². The summed E-state index contributed by atoms with van der Waals surface area (Å²) in [4.78, 5) is 0. The molecule has 2 rings (SSSR count). The molecular formula is C14H21NO. The smallest absolute Gasteiger partial charge is 0.0582 e. The van der Waals surface area contributed by atoms with Gasteiger partial charge in [-0.25, -0.2) is 0 Å². The maximum Gasteiger partial charge on any atom is 0.0582 e. The molecule has 1 aliphatic rings. The summed E-state index contributed by atoms with van der Waals surface area (Å²) >= 11 is 0. The highest BCUT2D eigenvalue weighted by Crippen LogP contribution is 2.34. The van der Waals surface area contributed by atoms with Gasteiger partial charge in [0.05, 0.1) is 6.61 Å². The van der Waals surface area contributed by atoms with Crippen LogP contribution in [0.25, 0.3) is 0 Å². The maximum absolute atomic E-state index is 9.09. The van der Waals surface area contributed by atoms with Crippen molar-refractivity contribution in [2.45, 2.75) is 38.3 Å². The van der Waals surface area contributed by atoms with Crippen LogP contribution in [0, 0.1) is 5.92 Å². The van der Waals surface area contributed by atoms with Crippen molar-refractivity contribution < 1.29 is 5.11 Å². The molecule has 0 spiro atoms. The number of hydrogen-bond acceptors (Lipinski definition) is 2. The summed E-state index contributed by atoms with van der Waals surface area (Å²) in [6.07, 6.45) is 3.75. The Morgan fingerprint density at radius 3 is 2.56 bits per heavy atom. The van der Waals surface area contributed by atoms with E-state index in [0.29, 0.717) is 6.04 Å². The Morgan fingerprint density at radius 1 is 1.31 bits per heavy atom. The van der Waals surface area contributed by atoms with E-state index in [1.807, 2.05) is 6.92 Å². The fourth-order valence-electron chi connectivity index (χ4n) is 2.15. The number of rotatable bonds is 6. The predicted molar refractivity (Wildman–Crippen MR) is 66.3 cm³/mol. The molecule has 2 unspecified atom stereocenters. The lowest BCUT2D eigenvalue weighted by atomic mass is 10.0. The van der Waals surface area contributed by atoms with E-state index >= 15 is 0 Å². The Hall–Kier alpha value is -0.860. The van der Waals surface area contributed by atoms with Crippen LogP contribution in [-0.2, 0) is 6.42 Å². The zero-order chi connectivity index (χ0) is 11.4. The van der Waals surface area contributed by atoms with Gasteiger partial charge in [0.2, 0.25) is 0 Å². The lowest BCUT2D eigenvalue weighted by molar-refractivity contribution is 0.235. The van der Waals surface area contributed by atoms with Crippen LogP contribution in [0.5, 0.6) is 0 Å². The second-order valence-corrected chi connectivity index (χ2v) is 4.88. The van der Waals surface area contributed by atoms with Gasteiger partial charge in [0, 0.05) is 12.1 Å². The fraction of sp³-hybridized carbons (Fsp3) is 0.571. The van der Waals surface area contributed by atoms with E-state index in [1.54, 1.807) is 0 Å². The minimum absolute atomic E-state index is 0.203. The Balaban J connectivity index is 1.92. The molecule has 0 aliphatic heterocycles. The molecule has 2 N–H and O–H groups in total. The topological polar surface area (TPSA) is 32.3 Å². The van der Waals surface area contributed by atoms with Crippen molar-refractivity contribution in [1.82, 2.24) is 5.32 Å². The van der Waals surface area contributed by atoms with Gasteiger partial charge in [-0.2, -0.15) is 0 Å². The van der Waals surface area contributed by atoms with Crippen LogP contribution in [0.2, 0.25) is 0 Å². The Morgan fingerprint density at radius 2 is 2.00 bits per heavy atom.